The lowest BCUT2D eigenvalue weighted by molar-refractivity contribution is -0.122. The van der Waals surface area contributed by atoms with Gasteiger partial charge in [-0.3, -0.25) is 4.79 Å². The van der Waals surface area contributed by atoms with Crippen molar-refractivity contribution in [3.8, 4) is 12.3 Å². The predicted octanol–water partition coefficient (Wildman–Crippen LogP) is 1.77. The Morgan fingerprint density at radius 3 is 2.29 bits per heavy atom. The summed E-state index contributed by atoms with van der Waals surface area (Å²) < 4.78 is 0. The van der Waals surface area contributed by atoms with Crippen molar-refractivity contribution < 1.29 is 4.79 Å². The van der Waals surface area contributed by atoms with E-state index in [1.54, 1.807) is 0 Å². The first-order chi connectivity index (χ1) is 7.90. The second kappa shape index (κ2) is 8.14. The van der Waals surface area contributed by atoms with Crippen molar-refractivity contribution in [2.75, 3.05) is 6.54 Å². The van der Waals surface area contributed by atoms with Crippen LogP contribution in [0.3, 0.4) is 0 Å². The van der Waals surface area contributed by atoms with Crippen molar-refractivity contribution in [3.05, 3.63) is 0 Å². The molecular weight excluding hydrogens is 212 g/mol. The molecule has 2 atom stereocenters. The van der Waals surface area contributed by atoms with Crippen molar-refractivity contribution in [3.63, 3.8) is 0 Å². The number of hydrogen-bond donors (Lipinski definition) is 2. The largest absolute Gasteiger partial charge is 0.342 e. The molecule has 98 valence electrons. The van der Waals surface area contributed by atoms with Crippen molar-refractivity contribution in [1.29, 1.82) is 0 Å². The quantitative estimate of drug-likeness (QED) is 0.664. The van der Waals surface area contributed by atoms with Gasteiger partial charge in [-0.25, -0.2) is 0 Å². The number of rotatable bonds is 7. The van der Waals surface area contributed by atoms with Gasteiger partial charge in [-0.1, -0.05) is 33.6 Å². The summed E-state index contributed by atoms with van der Waals surface area (Å²) in [6.45, 7) is 8.82. The molecule has 0 aliphatic carbocycles. The molecule has 0 saturated carbocycles. The minimum Gasteiger partial charge on any atom is -0.342 e. The van der Waals surface area contributed by atoms with Crippen LogP contribution >= 0.6 is 0 Å². The van der Waals surface area contributed by atoms with E-state index in [0.717, 1.165) is 6.42 Å². The molecule has 0 heterocycles. The van der Waals surface area contributed by atoms with Crippen LogP contribution in [-0.4, -0.2) is 18.5 Å². The molecule has 0 radical (unpaired) electrons. The van der Waals surface area contributed by atoms with E-state index in [9.17, 15) is 4.79 Å². The van der Waals surface area contributed by atoms with E-state index in [-0.39, 0.29) is 23.8 Å². The van der Waals surface area contributed by atoms with Gasteiger partial charge in [-0.15, -0.1) is 6.42 Å². The highest BCUT2D eigenvalue weighted by atomic mass is 16.1. The van der Waals surface area contributed by atoms with Crippen molar-refractivity contribution in [2.45, 2.75) is 46.6 Å². The highest BCUT2D eigenvalue weighted by Gasteiger charge is 2.17. The fraction of sp³-hybridized carbons (Fsp3) is 0.786. The number of hydrogen-bond acceptors (Lipinski definition) is 2. The summed E-state index contributed by atoms with van der Waals surface area (Å²) in [7, 11) is 0. The second-order valence-corrected chi connectivity index (χ2v) is 5.39. The molecule has 0 saturated heterocycles. The number of carbonyl (C=O) groups excluding carboxylic acids is 1. The molecule has 0 aromatic carbocycles. The summed E-state index contributed by atoms with van der Waals surface area (Å²) in [6, 6.07) is -0.181. The number of terminal acetylenes is 1. The van der Waals surface area contributed by atoms with Gasteiger partial charge in [-0.05, 0) is 30.7 Å². The minimum absolute atomic E-state index is 0.0118. The maximum Gasteiger partial charge on any atom is 0.221 e. The summed E-state index contributed by atoms with van der Waals surface area (Å²) in [5.41, 5.74) is 5.67. The van der Waals surface area contributed by atoms with E-state index < -0.39 is 0 Å². The number of carbonyl (C=O) groups is 1. The first kappa shape index (κ1) is 16.0. The van der Waals surface area contributed by atoms with Crippen molar-refractivity contribution in [2.24, 2.45) is 23.5 Å². The number of nitrogens with two attached hydrogens (primary N) is 1. The van der Waals surface area contributed by atoms with E-state index in [2.05, 4.69) is 25.1 Å². The lowest BCUT2D eigenvalue weighted by atomic mass is 9.93. The third kappa shape index (κ3) is 7.01. The lowest BCUT2D eigenvalue weighted by Crippen LogP contribution is -2.39. The zero-order chi connectivity index (χ0) is 13.4. The Kier molecular flexibility index (Phi) is 7.65. The van der Waals surface area contributed by atoms with Crippen LogP contribution in [0.25, 0.3) is 0 Å². The predicted molar refractivity (Wildman–Crippen MR) is 72.2 cm³/mol. The van der Waals surface area contributed by atoms with Crippen LogP contribution in [-0.2, 0) is 4.79 Å². The molecule has 3 N–H and O–H groups in total. The Hall–Kier alpha value is -1.01. The summed E-state index contributed by atoms with van der Waals surface area (Å²) in [5, 5.41) is 2.87. The van der Waals surface area contributed by atoms with E-state index in [0.29, 0.717) is 18.9 Å². The minimum atomic E-state index is -0.181. The van der Waals surface area contributed by atoms with Gasteiger partial charge in [0, 0.05) is 6.42 Å². The molecule has 0 rings (SSSR count). The molecule has 0 aromatic rings. The zero-order valence-electron chi connectivity index (χ0n) is 11.5. The van der Waals surface area contributed by atoms with Crippen LogP contribution in [0, 0.1) is 30.1 Å². The van der Waals surface area contributed by atoms with Gasteiger partial charge in [0.15, 0.2) is 0 Å². The molecule has 3 nitrogen and oxygen atoms in total. The van der Waals surface area contributed by atoms with Crippen LogP contribution in [0.5, 0.6) is 0 Å². The molecule has 0 aromatic heterocycles. The summed E-state index contributed by atoms with van der Waals surface area (Å²) in [4.78, 5) is 11.8. The first-order valence-corrected chi connectivity index (χ1v) is 6.36. The Labute approximate surface area is 106 Å². The Balaban J connectivity index is 4.19. The lowest BCUT2D eigenvalue weighted by Gasteiger charge is -2.20. The molecule has 0 aliphatic heterocycles. The normalized spacial score (nSPS) is 14.5. The van der Waals surface area contributed by atoms with Crippen molar-refractivity contribution >= 4 is 5.91 Å². The van der Waals surface area contributed by atoms with Crippen LogP contribution < -0.4 is 11.1 Å². The molecular formula is C14H26N2O. The summed E-state index contributed by atoms with van der Waals surface area (Å²) in [6.07, 6.45) is 6.83. The Morgan fingerprint density at radius 1 is 1.35 bits per heavy atom. The fourth-order valence-corrected chi connectivity index (χ4v) is 1.82. The van der Waals surface area contributed by atoms with E-state index >= 15 is 0 Å². The zero-order valence-corrected chi connectivity index (χ0v) is 11.5. The Morgan fingerprint density at radius 2 is 1.94 bits per heavy atom. The molecule has 3 heteroatoms. The molecule has 0 bridgehead atoms. The van der Waals surface area contributed by atoms with E-state index in [1.165, 1.54) is 0 Å². The highest BCUT2D eigenvalue weighted by molar-refractivity contribution is 5.77. The summed E-state index contributed by atoms with van der Waals surface area (Å²) >= 11 is 0. The third-order valence-electron chi connectivity index (χ3n) is 2.77. The molecule has 0 spiro atoms. The van der Waals surface area contributed by atoms with Crippen LogP contribution in [0.2, 0.25) is 0 Å². The average Bonchev–Trinajstić information content (AvgIpc) is 2.23. The van der Waals surface area contributed by atoms with Gasteiger partial charge in [-0.2, -0.15) is 0 Å². The standard InChI is InChI=1S/C14H26N2O/c1-6-13(11(4)5)16-14(17)8-12(9-15)7-10(2)3/h1,10-13H,7-9,15H2,2-5H3,(H,16,17)/t12-,13?/m0/s1. The van der Waals surface area contributed by atoms with Gasteiger partial charge in [0.05, 0.1) is 6.04 Å². The van der Waals surface area contributed by atoms with Gasteiger partial charge in [0.1, 0.15) is 0 Å². The van der Waals surface area contributed by atoms with Gasteiger partial charge in [0.2, 0.25) is 5.91 Å². The molecule has 1 unspecified atom stereocenters. The van der Waals surface area contributed by atoms with Crippen LogP contribution in [0.1, 0.15) is 40.5 Å². The van der Waals surface area contributed by atoms with Crippen molar-refractivity contribution in [1.82, 2.24) is 5.32 Å². The molecule has 0 fully saturated rings. The Bertz CT molecular complexity index is 266. The van der Waals surface area contributed by atoms with Gasteiger partial charge >= 0.3 is 0 Å². The maximum atomic E-state index is 11.8. The third-order valence-corrected chi connectivity index (χ3v) is 2.77. The van der Waals surface area contributed by atoms with E-state index in [1.807, 2.05) is 13.8 Å². The van der Waals surface area contributed by atoms with Crippen LogP contribution in [0.15, 0.2) is 0 Å². The topological polar surface area (TPSA) is 55.1 Å². The molecule has 0 aliphatic rings. The monoisotopic (exact) mass is 238 g/mol. The van der Waals surface area contributed by atoms with Crippen LogP contribution in [0.4, 0.5) is 0 Å². The fourth-order valence-electron chi connectivity index (χ4n) is 1.82. The van der Waals surface area contributed by atoms with E-state index in [4.69, 9.17) is 12.2 Å². The van der Waals surface area contributed by atoms with Gasteiger partial charge < -0.3 is 11.1 Å². The first-order valence-electron chi connectivity index (χ1n) is 6.36. The molecule has 1 amide bonds. The smallest absolute Gasteiger partial charge is 0.221 e. The maximum absolute atomic E-state index is 11.8. The molecule has 17 heavy (non-hydrogen) atoms. The summed E-state index contributed by atoms with van der Waals surface area (Å²) in [5.74, 6) is 3.68. The number of amides is 1. The second-order valence-electron chi connectivity index (χ2n) is 5.39. The SMILES string of the molecule is C#CC(NC(=O)C[C@@H](CN)CC(C)C)C(C)C. The number of nitrogens with one attached hydrogen (secondary N) is 1. The highest BCUT2D eigenvalue weighted by Crippen LogP contribution is 2.14. The van der Waals surface area contributed by atoms with Gasteiger partial charge in [0.25, 0.3) is 0 Å². The average molecular weight is 238 g/mol.